The molecular weight excluding hydrogens is 514 g/mol. The third kappa shape index (κ3) is 5.21. The van der Waals surface area contributed by atoms with Gasteiger partial charge in [0.25, 0.3) is 8.32 Å². The SMILES string of the molecule is CCOC(=O)c1coc(-c2coc(-c3coc(CO[Si](c4ccccc4)(c4ccccc4)C(C)(C)C)n3)n2)n1. The number of ether oxygens (including phenoxy) is 1. The molecule has 39 heavy (non-hydrogen) atoms. The van der Waals surface area contributed by atoms with E-state index in [2.05, 4.69) is 60.0 Å². The predicted octanol–water partition coefficient (Wildman–Crippen LogP) is 5.24. The van der Waals surface area contributed by atoms with Gasteiger partial charge in [0.15, 0.2) is 17.1 Å². The van der Waals surface area contributed by atoms with Crippen molar-refractivity contribution in [3.8, 4) is 23.2 Å². The van der Waals surface area contributed by atoms with Gasteiger partial charge in [-0.1, -0.05) is 81.4 Å². The number of nitrogens with zero attached hydrogens (tertiary/aromatic N) is 3. The highest BCUT2D eigenvalue weighted by Crippen LogP contribution is 2.37. The molecule has 0 aliphatic rings. The molecule has 3 aromatic heterocycles. The number of esters is 1. The van der Waals surface area contributed by atoms with Crippen molar-refractivity contribution in [3.63, 3.8) is 0 Å². The lowest BCUT2D eigenvalue weighted by molar-refractivity contribution is 0.0519. The van der Waals surface area contributed by atoms with Gasteiger partial charge in [-0.15, -0.1) is 0 Å². The molecule has 0 atom stereocenters. The molecule has 200 valence electrons. The molecule has 5 aromatic rings. The van der Waals surface area contributed by atoms with Crippen molar-refractivity contribution in [2.45, 2.75) is 39.3 Å². The van der Waals surface area contributed by atoms with Crippen LogP contribution in [0.1, 0.15) is 44.1 Å². The Morgan fingerprint density at radius 3 is 1.97 bits per heavy atom. The van der Waals surface area contributed by atoms with E-state index >= 15 is 0 Å². The minimum atomic E-state index is -2.75. The Balaban J connectivity index is 1.39. The first-order valence-corrected chi connectivity index (χ1v) is 14.5. The maximum atomic E-state index is 11.9. The molecule has 0 aliphatic heterocycles. The molecule has 0 radical (unpaired) electrons. The summed E-state index contributed by atoms with van der Waals surface area (Å²) in [5.41, 5.74) is 0.772. The molecule has 0 amide bonds. The highest BCUT2D eigenvalue weighted by Gasteiger charge is 2.50. The van der Waals surface area contributed by atoms with Gasteiger partial charge in [-0.05, 0) is 22.3 Å². The maximum Gasteiger partial charge on any atom is 0.360 e. The summed E-state index contributed by atoms with van der Waals surface area (Å²) in [6, 6.07) is 20.7. The van der Waals surface area contributed by atoms with Crippen molar-refractivity contribution < 1.29 is 27.2 Å². The van der Waals surface area contributed by atoms with Crippen molar-refractivity contribution in [2.24, 2.45) is 0 Å². The molecule has 0 spiro atoms. The summed E-state index contributed by atoms with van der Waals surface area (Å²) in [6.45, 7) is 8.77. The largest absolute Gasteiger partial charge is 0.461 e. The Hall–Kier alpha value is -4.28. The van der Waals surface area contributed by atoms with Crippen molar-refractivity contribution in [2.75, 3.05) is 6.61 Å². The standard InChI is InChI=1S/C29H29N3O6Si/c1-5-34-28(33)24-18-37-27(32-24)23-17-36-26(31-23)22-16-35-25(30-22)19-38-39(29(2,3)4,20-12-8-6-9-13-20)21-14-10-7-11-15-21/h6-18H,5,19H2,1-4H3. The van der Waals surface area contributed by atoms with Crippen LogP contribution in [0.25, 0.3) is 23.2 Å². The van der Waals surface area contributed by atoms with Crippen LogP contribution in [0.4, 0.5) is 0 Å². The van der Waals surface area contributed by atoms with Crippen LogP contribution < -0.4 is 10.4 Å². The fraction of sp³-hybridized carbons (Fsp3) is 0.241. The quantitative estimate of drug-likeness (QED) is 0.182. The number of carbonyl (C=O) groups excluding carboxylic acids is 1. The highest BCUT2D eigenvalue weighted by molar-refractivity contribution is 6.99. The molecular formula is C29H29N3O6Si. The van der Waals surface area contributed by atoms with E-state index in [1.807, 2.05) is 36.4 Å². The van der Waals surface area contributed by atoms with Gasteiger partial charge in [0.05, 0.1) is 6.61 Å². The zero-order chi connectivity index (χ0) is 27.5. The molecule has 0 saturated carbocycles. The number of hydrogen-bond donors (Lipinski definition) is 0. The molecule has 5 rings (SSSR count). The van der Waals surface area contributed by atoms with E-state index in [1.54, 1.807) is 6.92 Å². The number of hydrogen-bond acceptors (Lipinski definition) is 9. The van der Waals surface area contributed by atoms with Crippen LogP contribution in [0, 0.1) is 0 Å². The molecule has 9 nitrogen and oxygen atoms in total. The van der Waals surface area contributed by atoms with Crippen LogP contribution in [0.2, 0.25) is 5.04 Å². The zero-order valence-electron chi connectivity index (χ0n) is 22.2. The van der Waals surface area contributed by atoms with Gasteiger partial charge < -0.3 is 22.4 Å². The lowest BCUT2D eigenvalue weighted by Crippen LogP contribution is -2.66. The first kappa shape index (κ1) is 26.3. The van der Waals surface area contributed by atoms with Crippen molar-refractivity contribution >= 4 is 24.7 Å². The van der Waals surface area contributed by atoms with Crippen LogP contribution in [0.15, 0.2) is 92.7 Å². The molecule has 0 fully saturated rings. The first-order valence-electron chi connectivity index (χ1n) is 12.6. The molecule has 0 unspecified atom stereocenters. The van der Waals surface area contributed by atoms with Crippen molar-refractivity contribution in [1.82, 2.24) is 15.0 Å². The summed E-state index contributed by atoms with van der Waals surface area (Å²) in [5.74, 6) is 0.185. The van der Waals surface area contributed by atoms with Gasteiger partial charge in [0, 0.05) is 0 Å². The fourth-order valence-corrected chi connectivity index (χ4v) is 9.08. The molecule has 0 aliphatic carbocycles. The molecule has 3 heterocycles. The maximum absolute atomic E-state index is 11.9. The van der Waals surface area contributed by atoms with Crippen LogP contribution in [0.5, 0.6) is 0 Å². The first-order chi connectivity index (χ1) is 18.8. The predicted molar refractivity (Wildman–Crippen MR) is 146 cm³/mol. The molecule has 0 N–H and O–H groups in total. The Morgan fingerprint density at radius 2 is 1.36 bits per heavy atom. The third-order valence-corrected chi connectivity index (χ3v) is 11.3. The normalized spacial score (nSPS) is 12.0. The summed E-state index contributed by atoms with van der Waals surface area (Å²) in [4.78, 5) is 25.0. The summed E-state index contributed by atoms with van der Waals surface area (Å²) in [5, 5.41) is 2.16. The van der Waals surface area contributed by atoms with Gasteiger partial charge in [0.2, 0.25) is 17.7 Å². The lowest BCUT2D eigenvalue weighted by Gasteiger charge is -2.42. The lowest BCUT2D eigenvalue weighted by atomic mass is 10.2. The zero-order valence-corrected chi connectivity index (χ0v) is 23.2. The Bertz CT molecular complexity index is 1500. The van der Waals surface area contributed by atoms with E-state index in [0.29, 0.717) is 17.3 Å². The van der Waals surface area contributed by atoms with E-state index in [4.69, 9.17) is 22.4 Å². The van der Waals surface area contributed by atoms with Crippen LogP contribution >= 0.6 is 0 Å². The average molecular weight is 544 g/mol. The van der Waals surface area contributed by atoms with Gasteiger partial charge >= 0.3 is 5.97 Å². The van der Waals surface area contributed by atoms with E-state index in [1.165, 1.54) is 29.2 Å². The van der Waals surface area contributed by atoms with Crippen molar-refractivity contribution in [3.05, 3.63) is 91.0 Å². The molecule has 0 saturated heterocycles. The molecule has 0 bridgehead atoms. The second kappa shape index (κ2) is 10.8. The van der Waals surface area contributed by atoms with E-state index in [9.17, 15) is 4.79 Å². The van der Waals surface area contributed by atoms with Crippen LogP contribution in [-0.4, -0.2) is 35.8 Å². The number of benzene rings is 2. The minimum absolute atomic E-state index is 0.0561. The number of oxazole rings is 3. The summed E-state index contributed by atoms with van der Waals surface area (Å²) in [7, 11) is -2.75. The fourth-order valence-electron chi connectivity index (χ4n) is 4.59. The van der Waals surface area contributed by atoms with Crippen molar-refractivity contribution in [1.29, 1.82) is 0 Å². The average Bonchev–Trinajstić information content (AvgIpc) is 3.70. The highest BCUT2D eigenvalue weighted by atomic mass is 28.4. The number of rotatable bonds is 9. The number of carbonyl (C=O) groups is 1. The van der Waals surface area contributed by atoms with Gasteiger partial charge in [-0.3, -0.25) is 0 Å². The Morgan fingerprint density at radius 1 is 0.795 bits per heavy atom. The smallest absolute Gasteiger partial charge is 0.360 e. The van der Waals surface area contributed by atoms with E-state index < -0.39 is 14.3 Å². The van der Waals surface area contributed by atoms with Gasteiger partial charge in [0.1, 0.15) is 25.4 Å². The van der Waals surface area contributed by atoms with E-state index in [-0.39, 0.29) is 35.7 Å². The van der Waals surface area contributed by atoms with Crippen LogP contribution in [-0.2, 0) is 15.8 Å². The van der Waals surface area contributed by atoms with E-state index in [0.717, 1.165) is 0 Å². The Kier molecular flexibility index (Phi) is 7.31. The van der Waals surface area contributed by atoms with Gasteiger partial charge in [-0.25, -0.2) is 19.7 Å². The summed E-state index contributed by atoms with van der Waals surface area (Å²) >= 11 is 0. The summed E-state index contributed by atoms with van der Waals surface area (Å²) < 4.78 is 28.6. The second-order valence-electron chi connectivity index (χ2n) is 9.87. The third-order valence-electron chi connectivity index (χ3n) is 6.31. The monoisotopic (exact) mass is 543 g/mol. The topological polar surface area (TPSA) is 114 Å². The molecule has 10 heteroatoms. The second-order valence-corrected chi connectivity index (χ2v) is 14.2. The van der Waals surface area contributed by atoms with Crippen LogP contribution in [0.3, 0.4) is 0 Å². The minimum Gasteiger partial charge on any atom is -0.461 e. The molecule has 2 aromatic carbocycles. The van der Waals surface area contributed by atoms with Gasteiger partial charge in [-0.2, -0.15) is 0 Å². The summed E-state index contributed by atoms with van der Waals surface area (Å²) in [6.07, 6.45) is 4.07. The Labute approximate surface area is 227 Å². The number of aromatic nitrogens is 3.